The molecule has 0 radical (unpaired) electrons. The van der Waals surface area contributed by atoms with Crippen molar-refractivity contribution in [1.82, 2.24) is 9.13 Å². The Bertz CT molecular complexity index is 1950. The van der Waals surface area contributed by atoms with Gasteiger partial charge in [-0.05, 0) is 61.5 Å². The van der Waals surface area contributed by atoms with Crippen LogP contribution in [-0.4, -0.2) is 43.7 Å². The van der Waals surface area contributed by atoms with Gasteiger partial charge in [-0.1, -0.05) is 51.4 Å². The minimum Gasteiger partial charge on any atom is -0.340 e. The van der Waals surface area contributed by atoms with Gasteiger partial charge in [0.15, 0.2) is 34.6 Å². The van der Waals surface area contributed by atoms with Gasteiger partial charge in [-0.15, -0.1) is 22.7 Å². The molecule has 0 bridgehead atoms. The van der Waals surface area contributed by atoms with Gasteiger partial charge in [-0.3, -0.25) is 19.2 Å². The summed E-state index contributed by atoms with van der Waals surface area (Å²) >= 11 is 3.06. The molecule has 6 aliphatic rings. The molecule has 0 spiro atoms. The number of carbonyl (C=O) groups excluding carboxylic acids is 4. The molecule has 6 fully saturated rings. The second-order valence-corrected chi connectivity index (χ2v) is 17.8. The van der Waals surface area contributed by atoms with E-state index in [-0.39, 0.29) is 58.2 Å². The predicted octanol–water partition coefficient (Wildman–Crippen LogP) is 8.06. The minimum absolute atomic E-state index is 0.0398. The third-order valence-corrected chi connectivity index (χ3v) is 15.6. The average Bonchev–Trinajstić information content (AvgIpc) is 3.90. The molecule has 0 amide bonds. The van der Waals surface area contributed by atoms with E-state index in [1.165, 1.54) is 74.0 Å². The standard InChI is InChI=1S/C38H40N4O4S2/c1-41-25-15-27(39-29-33(43)21-11-17-7-3-4-8-18(17)12-22(21)34(29)44)47-37(25)32-31(41)38-26(42(32)2)16-28(48-38)40-30-35(45)23-13-19-9-5-6-10-20(19)14-24(23)36(30)46/h15-24H,3-14H2,1-2H3. The molecule has 248 valence electrons. The summed E-state index contributed by atoms with van der Waals surface area (Å²) in [6.45, 7) is 0. The lowest BCUT2D eigenvalue weighted by molar-refractivity contribution is -0.123. The van der Waals surface area contributed by atoms with Crippen molar-refractivity contribution in [1.29, 1.82) is 0 Å². The number of aromatic nitrogens is 2. The molecule has 4 aromatic heterocycles. The van der Waals surface area contributed by atoms with Crippen LogP contribution < -0.4 is 0 Å². The number of fused-ring (bicyclic) bond motifs is 9. The number of hydrogen-bond acceptors (Lipinski definition) is 8. The minimum atomic E-state index is -0.183. The molecule has 6 saturated carbocycles. The predicted molar refractivity (Wildman–Crippen MR) is 190 cm³/mol. The molecular formula is C38H40N4O4S2. The van der Waals surface area contributed by atoms with Crippen molar-refractivity contribution in [3.63, 3.8) is 0 Å². The second kappa shape index (κ2) is 10.6. The van der Waals surface area contributed by atoms with E-state index in [4.69, 9.17) is 9.98 Å². The van der Waals surface area contributed by atoms with Crippen LogP contribution in [0.1, 0.15) is 77.0 Å². The lowest BCUT2D eigenvalue weighted by Gasteiger charge is -2.39. The van der Waals surface area contributed by atoms with Gasteiger partial charge in [0, 0.05) is 37.8 Å². The second-order valence-electron chi connectivity index (χ2n) is 15.8. The Kier molecular flexibility index (Phi) is 6.57. The average molecular weight is 681 g/mol. The van der Waals surface area contributed by atoms with Gasteiger partial charge in [0.2, 0.25) is 0 Å². The zero-order chi connectivity index (χ0) is 32.6. The number of ketones is 4. The zero-order valence-electron chi connectivity index (χ0n) is 27.5. The molecule has 0 aliphatic heterocycles. The highest BCUT2D eigenvalue weighted by molar-refractivity contribution is 7.25. The first-order chi connectivity index (χ1) is 23.3. The first kappa shape index (κ1) is 29.7. The van der Waals surface area contributed by atoms with Gasteiger partial charge in [0.1, 0.15) is 10.0 Å². The molecule has 10 rings (SSSR count). The molecule has 4 aromatic rings. The summed E-state index contributed by atoms with van der Waals surface area (Å²) < 4.78 is 6.45. The normalized spacial score (nSPS) is 33.5. The molecular weight excluding hydrogens is 641 g/mol. The maximum Gasteiger partial charge on any atom is 0.188 e. The van der Waals surface area contributed by atoms with Crippen LogP contribution >= 0.6 is 22.7 Å². The SMILES string of the molecule is Cn1c2cc(N=C3C(=O)C4CC5CCCCC5CC4C3=O)sc2c2c1c1sc(N=C3C(=O)C4CC5CCCCC5CC4C3=O)cc1n2C. The third kappa shape index (κ3) is 4.11. The number of rotatable bonds is 2. The molecule has 10 heteroatoms. The van der Waals surface area contributed by atoms with Crippen molar-refractivity contribution < 1.29 is 19.2 Å². The van der Waals surface area contributed by atoms with Gasteiger partial charge in [-0.2, -0.15) is 0 Å². The number of aliphatic imine (C=N–C) groups is 2. The fourth-order valence-electron chi connectivity index (χ4n) is 11.1. The Morgan fingerprint density at radius 3 is 1.17 bits per heavy atom. The lowest BCUT2D eigenvalue weighted by Crippen LogP contribution is -2.35. The maximum atomic E-state index is 13.5. The summed E-state index contributed by atoms with van der Waals surface area (Å²) in [6, 6.07) is 4.01. The molecule has 4 heterocycles. The van der Waals surface area contributed by atoms with E-state index >= 15 is 0 Å². The summed E-state index contributed by atoms with van der Waals surface area (Å²) in [5.41, 5.74) is 4.50. The fourth-order valence-corrected chi connectivity index (χ4v) is 13.4. The smallest absolute Gasteiger partial charge is 0.188 e. The third-order valence-electron chi connectivity index (χ3n) is 13.5. The van der Waals surface area contributed by atoms with E-state index < -0.39 is 0 Å². The van der Waals surface area contributed by atoms with Crippen LogP contribution in [-0.2, 0) is 33.3 Å². The maximum absolute atomic E-state index is 13.5. The molecule has 0 aromatic carbocycles. The molecule has 48 heavy (non-hydrogen) atoms. The van der Waals surface area contributed by atoms with E-state index in [0.717, 1.165) is 57.1 Å². The van der Waals surface area contributed by atoms with Gasteiger partial charge < -0.3 is 9.13 Å². The Hall–Kier alpha value is -3.24. The molecule has 6 aliphatic carbocycles. The topological polar surface area (TPSA) is 103 Å². The molecule has 8 atom stereocenters. The van der Waals surface area contributed by atoms with E-state index in [1.54, 1.807) is 0 Å². The van der Waals surface area contributed by atoms with Crippen LogP contribution in [0.4, 0.5) is 10.0 Å². The molecule has 8 unspecified atom stereocenters. The largest absolute Gasteiger partial charge is 0.340 e. The van der Waals surface area contributed by atoms with E-state index in [2.05, 4.69) is 9.13 Å². The van der Waals surface area contributed by atoms with Crippen molar-refractivity contribution in [2.24, 2.45) is 71.4 Å². The van der Waals surface area contributed by atoms with Gasteiger partial charge in [-0.25, -0.2) is 9.98 Å². The highest BCUT2D eigenvalue weighted by atomic mass is 32.1. The van der Waals surface area contributed by atoms with Crippen LogP contribution in [0.5, 0.6) is 0 Å². The Morgan fingerprint density at radius 1 is 0.542 bits per heavy atom. The number of aryl methyl sites for hydroxylation is 2. The van der Waals surface area contributed by atoms with Crippen LogP contribution in [0.2, 0.25) is 0 Å². The van der Waals surface area contributed by atoms with Crippen LogP contribution in [0, 0.1) is 47.3 Å². The zero-order valence-corrected chi connectivity index (χ0v) is 29.1. The van der Waals surface area contributed by atoms with Gasteiger partial charge >= 0.3 is 0 Å². The Labute approximate surface area is 286 Å². The summed E-state index contributed by atoms with van der Waals surface area (Å²) in [4.78, 5) is 63.6. The number of nitrogens with zero attached hydrogens (tertiary/aromatic N) is 4. The number of carbonyl (C=O) groups is 4. The monoisotopic (exact) mass is 680 g/mol. The summed E-state index contributed by atoms with van der Waals surface area (Å²) in [5, 5.41) is 1.39. The van der Waals surface area contributed by atoms with Crippen molar-refractivity contribution >= 4 is 98.7 Å². The summed E-state index contributed by atoms with van der Waals surface area (Å²) in [7, 11) is 4.07. The first-order valence-corrected chi connectivity index (χ1v) is 19.7. The van der Waals surface area contributed by atoms with Gasteiger partial charge in [0.25, 0.3) is 0 Å². The van der Waals surface area contributed by atoms with E-state index in [1.807, 2.05) is 26.2 Å². The van der Waals surface area contributed by atoms with Crippen molar-refractivity contribution in [3.05, 3.63) is 12.1 Å². The highest BCUT2D eigenvalue weighted by Gasteiger charge is 2.53. The lowest BCUT2D eigenvalue weighted by atomic mass is 9.64. The van der Waals surface area contributed by atoms with Crippen molar-refractivity contribution in [3.8, 4) is 0 Å². The van der Waals surface area contributed by atoms with Crippen LogP contribution in [0.25, 0.3) is 31.5 Å². The van der Waals surface area contributed by atoms with E-state index in [9.17, 15) is 19.2 Å². The summed E-state index contributed by atoms with van der Waals surface area (Å²) in [6.07, 6.45) is 13.1. The van der Waals surface area contributed by atoms with Gasteiger partial charge in [0.05, 0.1) is 31.5 Å². The number of hydrogen-bond donors (Lipinski definition) is 0. The van der Waals surface area contributed by atoms with Crippen molar-refractivity contribution in [2.45, 2.75) is 77.0 Å². The molecule has 0 saturated heterocycles. The number of Topliss-reactive ketones (excluding diaryl/α,β-unsaturated/α-hetero) is 4. The highest BCUT2D eigenvalue weighted by Crippen LogP contribution is 2.51. The summed E-state index contributed by atoms with van der Waals surface area (Å²) in [5.74, 6) is 1.44. The Morgan fingerprint density at radius 2 is 0.854 bits per heavy atom. The number of thiophene rings is 2. The molecule has 0 N–H and O–H groups in total. The Balaban J connectivity index is 0.973. The quantitative estimate of drug-likeness (QED) is 0.214. The van der Waals surface area contributed by atoms with Crippen LogP contribution in [0.15, 0.2) is 22.1 Å². The molecule has 8 nitrogen and oxygen atoms in total. The first-order valence-electron chi connectivity index (χ1n) is 18.1. The van der Waals surface area contributed by atoms with Crippen LogP contribution in [0.3, 0.4) is 0 Å². The van der Waals surface area contributed by atoms with E-state index in [0.29, 0.717) is 33.7 Å². The van der Waals surface area contributed by atoms with Crippen molar-refractivity contribution in [2.75, 3.05) is 0 Å². The fraction of sp³-hybridized carbons (Fsp3) is 0.579.